The van der Waals surface area contributed by atoms with Gasteiger partial charge in [-0.15, -0.1) is 0 Å². The molecule has 0 aliphatic rings. The number of hydrogen-bond acceptors (Lipinski definition) is 3. The van der Waals surface area contributed by atoms with E-state index in [9.17, 15) is 13.5 Å². The predicted molar refractivity (Wildman–Crippen MR) is 101 cm³/mol. The van der Waals surface area contributed by atoms with Gasteiger partial charge in [0.05, 0.1) is 15.9 Å². The molecule has 0 aromatic heterocycles. The fourth-order valence-electron chi connectivity index (χ4n) is 2.71. The summed E-state index contributed by atoms with van der Waals surface area (Å²) < 4.78 is 26.2. The van der Waals surface area contributed by atoms with Crippen molar-refractivity contribution in [2.75, 3.05) is 0 Å². The third-order valence-corrected chi connectivity index (χ3v) is 6.38. The quantitative estimate of drug-likeness (QED) is 0.642. The molecule has 1 aromatic carbocycles. The molecule has 0 aliphatic carbocycles. The van der Waals surface area contributed by atoms with E-state index in [-0.39, 0.29) is 5.92 Å². The van der Waals surface area contributed by atoms with E-state index in [1.807, 2.05) is 26.0 Å². The molecule has 0 fully saturated rings. The van der Waals surface area contributed by atoms with Crippen molar-refractivity contribution >= 4 is 9.84 Å². The van der Waals surface area contributed by atoms with Crippen molar-refractivity contribution in [1.29, 1.82) is 0 Å². The molecule has 0 spiro atoms. The third-order valence-electron chi connectivity index (χ3n) is 4.33. The van der Waals surface area contributed by atoms with Crippen LogP contribution < -0.4 is 0 Å². The zero-order chi connectivity index (χ0) is 18.2. The first-order valence-electron chi connectivity index (χ1n) is 9.04. The van der Waals surface area contributed by atoms with Gasteiger partial charge in [-0.25, -0.2) is 8.42 Å². The lowest BCUT2D eigenvalue weighted by atomic mass is 10.0. The number of aliphatic hydroxyl groups excluding tert-OH is 1. The molecule has 0 bridgehead atoms. The number of sulfone groups is 1. The van der Waals surface area contributed by atoms with E-state index in [0.717, 1.165) is 37.7 Å². The van der Waals surface area contributed by atoms with Gasteiger partial charge in [0, 0.05) is 0 Å². The molecule has 1 aromatic rings. The first-order valence-corrected chi connectivity index (χ1v) is 10.5. The Balaban J connectivity index is 3.19. The highest BCUT2D eigenvalue weighted by molar-refractivity contribution is 7.95. The average Bonchev–Trinajstić information content (AvgIpc) is 2.55. The zero-order valence-electron chi connectivity index (χ0n) is 15.5. The molecule has 1 rings (SSSR count). The van der Waals surface area contributed by atoms with Gasteiger partial charge in [-0.2, -0.15) is 0 Å². The number of aryl methyl sites for hydroxylation is 1. The first kappa shape index (κ1) is 20.9. The van der Waals surface area contributed by atoms with Crippen LogP contribution in [0.5, 0.6) is 0 Å². The largest absolute Gasteiger partial charge is 0.389 e. The summed E-state index contributed by atoms with van der Waals surface area (Å²) in [4.78, 5) is 0.675. The van der Waals surface area contributed by atoms with Crippen LogP contribution in [-0.4, -0.2) is 19.6 Å². The van der Waals surface area contributed by atoms with Gasteiger partial charge in [0.25, 0.3) is 0 Å². The Morgan fingerprint density at radius 2 is 1.62 bits per heavy atom. The second kappa shape index (κ2) is 10.00. The van der Waals surface area contributed by atoms with Crippen molar-refractivity contribution < 1.29 is 13.5 Å². The lowest BCUT2D eigenvalue weighted by Gasteiger charge is -2.18. The SMILES string of the molecule is CCCC[C@@H](C)/C(=C/[C@H](O)CCCC)S(=O)(=O)c1ccc(C)cc1. The topological polar surface area (TPSA) is 54.4 Å². The zero-order valence-corrected chi connectivity index (χ0v) is 16.3. The minimum atomic E-state index is -3.57. The number of benzene rings is 1. The molecular formula is C20H32O3S. The van der Waals surface area contributed by atoms with Crippen LogP contribution in [0.15, 0.2) is 40.1 Å². The molecule has 0 saturated heterocycles. The number of rotatable bonds is 10. The van der Waals surface area contributed by atoms with E-state index >= 15 is 0 Å². The molecule has 0 aliphatic heterocycles. The van der Waals surface area contributed by atoms with Gasteiger partial charge < -0.3 is 5.11 Å². The maximum absolute atomic E-state index is 13.1. The number of allylic oxidation sites excluding steroid dienone is 1. The fraction of sp³-hybridized carbons (Fsp3) is 0.600. The van der Waals surface area contributed by atoms with Crippen LogP contribution in [0.25, 0.3) is 0 Å². The highest BCUT2D eigenvalue weighted by Crippen LogP contribution is 2.29. The summed E-state index contributed by atoms with van der Waals surface area (Å²) in [7, 11) is -3.57. The van der Waals surface area contributed by atoms with Crippen molar-refractivity contribution in [2.24, 2.45) is 5.92 Å². The highest BCUT2D eigenvalue weighted by atomic mass is 32.2. The molecule has 0 saturated carbocycles. The normalized spacial score (nSPS) is 15.3. The average molecular weight is 353 g/mol. The summed E-state index contributed by atoms with van der Waals surface area (Å²) in [6.45, 7) is 8.04. The fourth-order valence-corrected chi connectivity index (χ4v) is 4.46. The summed E-state index contributed by atoms with van der Waals surface area (Å²) in [5.74, 6) is -0.0903. The Bertz CT molecular complexity index is 615. The molecule has 0 amide bonds. The van der Waals surface area contributed by atoms with Gasteiger partial charge in [0.2, 0.25) is 9.84 Å². The van der Waals surface area contributed by atoms with E-state index < -0.39 is 15.9 Å². The second-order valence-corrected chi connectivity index (χ2v) is 8.59. The van der Waals surface area contributed by atoms with Crippen LogP contribution in [-0.2, 0) is 9.84 Å². The van der Waals surface area contributed by atoms with Crippen LogP contribution in [0.3, 0.4) is 0 Å². The van der Waals surface area contributed by atoms with E-state index in [4.69, 9.17) is 0 Å². The van der Waals surface area contributed by atoms with Crippen molar-refractivity contribution in [3.05, 3.63) is 40.8 Å². The van der Waals surface area contributed by atoms with Crippen molar-refractivity contribution in [3.63, 3.8) is 0 Å². The smallest absolute Gasteiger partial charge is 0.202 e. The van der Waals surface area contributed by atoms with Crippen LogP contribution >= 0.6 is 0 Å². The number of hydrogen-bond donors (Lipinski definition) is 1. The molecule has 0 radical (unpaired) electrons. The molecule has 136 valence electrons. The summed E-state index contributed by atoms with van der Waals surface area (Å²) >= 11 is 0. The molecule has 1 N–H and O–H groups in total. The van der Waals surface area contributed by atoms with Gasteiger partial charge in [-0.05, 0) is 43.9 Å². The van der Waals surface area contributed by atoms with E-state index in [0.29, 0.717) is 16.2 Å². The van der Waals surface area contributed by atoms with Crippen molar-refractivity contribution in [1.82, 2.24) is 0 Å². The number of aliphatic hydroxyl groups is 1. The lowest BCUT2D eigenvalue weighted by molar-refractivity contribution is 0.208. The molecule has 2 atom stereocenters. The Kier molecular flexibility index (Phi) is 8.71. The van der Waals surface area contributed by atoms with Crippen molar-refractivity contribution in [2.45, 2.75) is 77.2 Å². The molecule has 4 heteroatoms. The van der Waals surface area contributed by atoms with Crippen LogP contribution in [0.1, 0.15) is 64.9 Å². The Hall–Kier alpha value is -1.13. The summed E-state index contributed by atoms with van der Waals surface area (Å²) in [6.07, 6.45) is 6.16. The third kappa shape index (κ3) is 6.06. The van der Waals surface area contributed by atoms with Crippen LogP contribution in [0.4, 0.5) is 0 Å². The minimum absolute atomic E-state index is 0.0903. The highest BCUT2D eigenvalue weighted by Gasteiger charge is 2.26. The van der Waals surface area contributed by atoms with E-state index in [1.54, 1.807) is 18.2 Å². The number of unbranched alkanes of at least 4 members (excludes halogenated alkanes) is 2. The Morgan fingerprint density at radius 1 is 1.08 bits per heavy atom. The molecule has 3 nitrogen and oxygen atoms in total. The summed E-state index contributed by atoms with van der Waals surface area (Å²) in [5.41, 5.74) is 1.03. The van der Waals surface area contributed by atoms with Gasteiger partial charge in [-0.3, -0.25) is 0 Å². The van der Waals surface area contributed by atoms with Crippen LogP contribution in [0, 0.1) is 12.8 Å². The first-order chi connectivity index (χ1) is 11.3. The predicted octanol–water partition coefficient (Wildman–Crippen LogP) is 5.03. The maximum Gasteiger partial charge on any atom is 0.202 e. The standard InChI is InChI=1S/C20H32O3S/c1-5-7-9-17(4)20(15-18(21)10-8-6-2)24(22,23)19-13-11-16(3)12-14-19/h11-15,17-18,21H,5-10H2,1-4H3/b20-15-/t17-,18-/m1/s1. The van der Waals surface area contributed by atoms with Gasteiger partial charge >= 0.3 is 0 Å². The van der Waals surface area contributed by atoms with Crippen molar-refractivity contribution in [3.8, 4) is 0 Å². The van der Waals surface area contributed by atoms with Gasteiger partial charge in [-0.1, -0.05) is 64.2 Å². The molecule has 0 unspecified atom stereocenters. The monoisotopic (exact) mass is 352 g/mol. The Morgan fingerprint density at radius 3 is 2.17 bits per heavy atom. The minimum Gasteiger partial charge on any atom is -0.389 e. The maximum atomic E-state index is 13.1. The van der Waals surface area contributed by atoms with Gasteiger partial charge in [0.1, 0.15) is 0 Å². The lowest BCUT2D eigenvalue weighted by Crippen LogP contribution is -2.16. The van der Waals surface area contributed by atoms with E-state index in [2.05, 4.69) is 13.8 Å². The molecular weight excluding hydrogens is 320 g/mol. The van der Waals surface area contributed by atoms with E-state index in [1.165, 1.54) is 0 Å². The second-order valence-electron chi connectivity index (χ2n) is 6.64. The summed E-state index contributed by atoms with van der Waals surface area (Å²) in [5, 5.41) is 10.2. The Labute approximate surface area is 147 Å². The van der Waals surface area contributed by atoms with Gasteiger partial charge in [0.15, 0.2) is 0 Å². The van der Waals surface area contributed by atoms with Crippen LogP contribution in [0.2, 0.25) is 0 Å². The summed E-state index contributed by atoms with van der Waals surface area (Å²) in [6, 6.07) is 6.94. The molecule has 24 heavy (non-hydrogen) atoms. The molecule has 0 heterocycles.